The molecule has 1 fully saturated rings. The van der Waals surface area contributed by atoms with Gasteiger partial charge in [0.15, 0.2) is 6.23 Å². The van der Waals surface area contributed by atoms with E-state index in [1.165, 1.54) is 6.92 Å². The molecule has 0 saturated carbocycles. The molecule has 2 rings (SSSR count). The number of aliphatic hydroxyl groups is 2. The normalized spacial score (nSPS) is 32.9. The molecular formula is C9H11FN2O5. The van der Waals surface area contributed by atoms with Crippen molar-refractivity contribution in [2.75, 3.05) is 0 Å². The highest BCUT2D eigenvalue weighted by Crippen LogP contribution is 2.27. The first-order valence-corrected chi connectivity index (χ1v) is 4.94. The van der Waals surface area contributed by atoms with E-state index in [1.807, 2.05) is 0 Å². The van der Waals surface area contributed by atoms with Gasteiger partial charge in [0.2, 0.25) is 5.82 Å². The minimum absolute atomic E-state index is 0.639. The molecule has 0 bridgehead atoms. The van der Waals surface area contributed by atoms with E-state index in [-0.39, 0.29) is 0 Å². The molecule has 0 aliphatic carbocycles. The summed E-state index contributed by atoms with van der Waals surface area (Å²) in [5.74, 6) is -1.17. The molecule has 0 amide bonds. The van der Waals surface area contributed by atoms with Crippen molar-refractivity contribution in [3.05, 3.63) is 32.9 Å². The molecule has 1 aliphatic rings. The second kappa shape index (κ2) is 4.06. The van der Waals surface area contributed by atoms with Crippen LogP contribution in [0.5, 0.6) is 0 Å². The van der Waals surface area contributed by atoms with E-state index in [0.717, 1.165) is 0 Å². The summed E-state index contributed by atoms with van der Waals surface area (Å²) in [7, 11) is 0. The standard InChI is InChI=1S/C9H11FN2O5/c1-3-5(13)6(14)8(17-3)12-2-4(10)7(15)11-9(12)16/h2-3,5-6,8,13-14H,1H3,(H,11,15,16)/t3-,5+,6-,8-/m1/s1/i1+1,3+1,5+1,6+1,8+1. The lowest BCUT2D eigenvalue weighted by Gasteiger charge is -2.16. The molecule has 1 aromatic heterocycles. The third kappa shape index (κ3) is 1.90. The fraction of sp³-hybridized carbons (Fsp3) is 0.556. The van der Waals surface area contributed by atoms with Crippen molar-refractivity contribution in [3.63, 3.8) is 0 Å². The molecule has 94 valence electrons. The number of rotatable bonds is 1. The van der Waals surface area contributed by atoms with Crippen molar-refractivity contribution in [2.24, 2.45) is 0 Å². The number of nitrogens with one attached hydrogen (secondary N) is 1. The quantitative estimate of drug-likeness (QED) is 0.517. The highest BCUT2D eigenvalue weighted by molar-refractivity contribution is 4.93. The summed E-state index contributed by atoms with van der Waals surface area (Å²) in [5.41, 5.74) is -2.06. The number of aliphatic hydroxyl groups excluding tert-OH is 2. The minimum atomic E-state index is -1.37. The summed E-state index contributed by atoms with van der Waals surface area (Å²) in [4.78, 5) is 24.0. The summed E-state index contributed by atoms with van der Waals surface area (Å²) in [6, 6.07) is 0. The van der Waals surface area contributed by atoms with E-state index in [0.29, 0.717) is 10.8 Å². The number of H-pyrrole nitrogens is 1. The van der Waals surface area contributed by atoms with Crippen LogP contribution in [0.4, 0.5) is 4.39 Å². The van der Waals surface area contributed by atoms with Crippen LogP contribution in [0.25, 0.3) is 0 Å². The Labute approximate surface area is 94.1 Å². The van der Waals surface area contributed by atoms with Crippen LogP contribution in [-0.2, 0) is 4.74 Å². The summed E-state index contributed by atoms with van der Waals surface area (Å²) in [5, 5.41) is 19.1. The average molecular weight is 251 g/mol. The van der Waals surface area contributed by atoms with Gasteiger partial charge < -0.3 is 14.9 Å². The highest BCUT2D eigenvalue weighted by Gasteiger charge is 2.41. The Balaban J connectivity index is 2.46. The molecule has 0 unspecified atom stereocenters. The Hall–Kier alpha value is -1.51. The van der Waals surface area contributed by atoms with Crippen molar-refractivity contribution in [1.82, 2.24) is 9.55 Å². The summed E-state index contributed by atoms with van der Waals surface area (Å²) >= 11 is 0. The first-order chi connectivity index (χ1) is 7.91. The maximum Gasteiger partial charge on any atom is 0.330 e. The van der Waals surface area contributed by atoms with E-state index in [1.54, 1.807) is 4.98 Å². The van der Waals surface area contributed by atoms with E-state index in [2.05, 4.69) is 0 Å². The predicted octanol–water partition coefficient (Wildman–Crippen LogP) is -1.69. The zero-order valence-corrected chi connectivity index (χ0v) is 8.83. The van der Waals surface area contributed by atoms with Gasteiger partial charge in [-0.15, -0.1) is 0 Å². The van der Waals surface area contributed by atoms with Crippen LogP contribution < -0.4 is 11.2 Å². The van der Waals surface area contributed by atoms with Crippen LogP contribution in [0.15, 0.2) is 15.8 Å². The topological polar surface area (TPSA) is 105 Å². The van der Waals surface area contributed by atoms with Crippen molar-refractivity contribution in [3.8, 4) is 0 Å². The van der Waals surface area contributed by atoms with Crippen molar-refractivity contribution in [1.29, 1.82) is 0 Å². The number of aromatic nitrogens is 2. The molecule has 2 heterocycles. The Morgan fingerprint density at radius 1 is 1.41 bits per heavy atom. The minimum Gasteiger partial charge on any atom is -0.388 e. The lowest BCUT2D eigenvalue weighted by molar-refractivity contribution is -0.0356. The Kier molecular flexibility index (Phi) is 2.86. The number of halogens is 1. The van der Waals surface area contributed by atoms with Crippen LogP contribution in [-0.4, -0.2) is 38.1 Å². The highest BCUT2D eigenvalue weighted by atomic mass is 19.1. The smallest absolute Gasteiger partial charge is 0.330 e. The van der Waals surface area contributed by atoms with E-state index in [9.17, 15) is 24.2 Å². The van der Waals surface area contributed by atoms with Gasteiger partial charge in [-0.1, -0.05) is 0 Å². The number of nitrogens with zero attached hydrogens (tertiary/aromatic N) is 1. The van der Waals surface area contributed by atoms with Crippen molar-refractivity contribution < 1.29 is 19.3 Å². The van der Waals surface area contributed by atoms with Gasteiger partial charge in [-0.3, -0.25) is 14.3 Å². The molecule has 0 aromatic carbocycles. The number of hydrogen-bond acceptors (Lipinski definition) is 5. The average Bonchev–Trinajstić information content (AvgIpc) is 2.51. The molecule has 7 nitrogen and oxygen atoms in total. The molecule has 1 aliphatic heterocycles. The maximum atomic E-state index is 13.0. The molecule has 17 heavy (non-hydrogen) atoms. The molecular weight excluding hydrogens is 240 g/mol. The van der Waals surface area contributed by atoms with Gasteiger partial charge in [0.25, 0.3) is 5.56 Å². The molecule has 8 heteroatoms. The summed E-state index contributed by atoms with van der Waals surface area (Å²) in [6.07, 6.45) is -3.83. The van der Waals surface area contributed by atoms with Gasteiger partial charge in [-0.05, 0) is 6.92 Å². The third-order valence-electron chi connectivity index (χ3n) is 2.68. The van der Waals surface area contributed by atoms with Crippen LogP contribution in [0.3, 0.4) is 0 Å². The van der Waals surface area contributed by atoms with Crippen LogP contribution >= 0.6 is 0 Å². The van der Waals surface area contributed by atoms with Crippen molar-refractivity contribution in [2.45, 2.75) is 31.5 Å². The number of hydrogen-bond donors (Lipinski definition) is 3. The van der Waals surface area contributed by atoms with Crippen LogP contribution in [0.1, 0.15) is 13.2 Å². The molecule has 1 aromatic rings. The molecule has 4 atom stereocenters. The monoisotopic (exact) mass is 251 g/mol. The molecule has 0 radical (unpaired) electrons. The lowest BCUT2D eigenvalue weighted by atomic mass is 10.6. The van der Waals surface area contributed by atoms with Gasteiger partial charge in [-0.2, -0.15) is 4.39 Å². The molecule has 3 N–H and O–H groups in total. The maximum absolute atomic E-state index is 13.0. The van der Waals surface area contributed by atoms with Gasteiger partial charge in [-0.25, -0.2) is 4.79 Å². The fourth-order valence-corrected chi connectivity index (χ4v) is 1.71. The zero-order valence-electron chi connectivity index (χ0n) is 8.83. The SMILES string of the molecule is [13CH3][13C@H]1O[13C@@H](n2cc(F)c(=O)[nH]c2=O)[13C@H](O)[13C@H]1O. The zero-order chi connectivity index (χ0) is 12.7. The van der Waals surface area contributed by atoms with E-state index < -0.39 is 41.6 Å². The lowest BCUT2D eigenvalue weighted by Crippen LogP contribution is -2.38. The Morgan fingerprint density at radius 3 is 2.59 bits per heavy atom. The first kappa shape index (κ1) is 12.0. The summed E-state index contributed by atoms with van der Waals surface area (Å²) < 4.78 is 18.9. The largest absolute Gasteiger partial charge is 0.388 e. The second-order valence-electron chi connectivity index (χ2n) is 3.86. The number of ether oxygens (including phenoxy) is 1. The fourth-order valence-electron chi connectivity index (χ4n) is 1.71. The van der Waals surface area contributed by atoms with Gasteiger partial charge >= 0.3 is 5.69 Å². The van der Waals surface area contributed by atoms with Crippen LogP contribution in [0, 0.1) is 5.82 Å². The first-order valence-electron chi connectivity index (χ1n) is 4.94. The third-order valence-corrected chi connectivity index (χ3v) is 2.68. The second-order valence-corrected chi connectivity index (χ2v) is 3.86. The Bertz CT molecular complexity index is 539. The molecule has 1 saturated heterocycles. The van der Waals surface area contributed by atoms with Crippen molar-refractivity contribution >= 4 is 0 Å². The van der Waals surface area contributed by atoms with Gasteiger partial charge in [0.1, 0.15) is 12.2 Å². The predicted molar refractivity (Wildman–Crippen MR) is 52.9 cm³/mol. The van der Waals surface area contributed by atoms with Gasteiger partial charge in [0.05, 0.1) is 12.3 Å². The van der Waals surface area contributed by atoms with E-state index >= 15 is 0 Å². The molecule has 0 spiro atoms. The number of aromatic amines is 1. The van der Waals surface area contributed by atoms with Crippen LogP contribution in [0.2, 0.25) is 0 Å². The summed E-state index contributed by atoms with van der Waals surface area (Å²) in [6.45, 7) is 1.50. The van der Waals surface area contributed by atoms with Gasteiger partial charge in [0, 0.05) is 0 Å². The van der Waals surface area contributed by atoms with E-state index in [4.69, 9.17) is 4.74 Å². The Morgan fingerprint density at radius 2 is 2.06 bits per heavy atom.